The molecule has 0 N–H and O–H groups in total. The first-order chi connectivity index (χ1) is 13.6. The van der Waals surface area contributed by atoms with Crippen LogP contribution in [-0.4, -0.2) is 4.98 Å². The number of anilines is 1. The van der Waals surface area contributed by atoms with Crippen LogP contribution in [-0.2, 0) is 6.42 Å². The summed E-state index contributed by atoms with van der Waals surface area (Å²) in [6.07, 6.45) is 4.86. The van der Waals surface area contributed by atoms with Gasteiger partial charge < -0.3 is 9.64 Å². The molecule has 3 nitrogen and oxygen atoms in total. The molecule has 2 atom stereocenters. The first-order valence-electron chi connectivity index (χ1n) is 9.26. The average Bonchev–Trinajstić information content (AvgIpc) is 3.26. The fraction of sp³-hybridized carbons (Fsp3) is 0.286. The lowest BCUT2D eigenvalue weighted by molar-refractivity contribution is 0.167. The van der Waals surface area contributed by atoms with E-state index < -0.39 is 0 Å². The zero-order chi connectivity index (χ0) is 19.0. The number of thiazole rings is 1. The highest BCUT2D eigenvalue weighted by molar-refractivity contribution is 9.10. The van der Waals surface area contributed by atoms with Crippen molar-refractivity contribution in [3.63, 3.8) is 0 Å². The van der Waals surface area contributed by atoms with Crippen molar-refractivity contribution < 1.29 is 9.13 Å². The lowest BCUT2D eigenvalue weighted by Crippen LogP contribution is -2.37. The smallest absolute Gasteiger partial charge is 0.210 e. The number of ether oxygens (including phenoxy) is 1. The van der Waals surface area contributed by atoms with Crippen LogP contribution in [0.1, 0.15) is 52.0 Å². The third-order valence-corrected chi connectivity index (χ3v) is 7.80. The van der Waals surface area contributed by atoms with Gasteiger partial charge in [-0.3, -0.25) is 0 Å². The Labute approximate surface area is 182 Å². The van der Waals surface area contributed by atoms with Gasteiger partial charge in [-0.2, -0.15) is 0 Å². The van der Waals surface area contributed by atoms with E-state index >= 15 is 0 Å². The van der Waals surface area contributed by atoms with Crippen molar-refractivity contribution in [3.05, 3.63) is 72.3 Å². The molecular formula is C21H15Br2FN2OS. The Morgan fingerprint density at radius 2 is 2.00 bits per heavy atom. The Morgan fingerprint density at radius 3 is 2.82 bits per heavy atom. The van der Waals surface area contributed by atoms with Crippen LogP contribution in [0.3, 0.4) is 0 Å². The van der Waals surface area contributed by atoms with E-state index in [4.69, 9.17) is 4.74 Å². The van der Waals surface area contributed by atoms with E-state index in [1.54, 1.807) is 11.3 Å². The van der Waals surface area contributed by atoms with Crippen LogP contribution in [0.15, 0.2) is 45.5 Å². The standard InChI is InChI=1S/C21H15Br2FN2OS/c22-12-3-4-15-11(5-12)6-16-19-14(24)7-13(23)8-17(19)27-21(26(15)16)18-9-25-20(28-18)10-1-2-10/h3-5,7-10,16,21H,1-2,6H2. The Hall–Kier alpha value is -1.44. The van der Waals surface area contributed by atoms with Gasteiger partial charge in [-0.25, -0.2) is 9.37 Å². The highest BCUT2D eigenvalue weighted by atomic mass is 79.9. The molecule has 6 rings (SSSR count). The molecule has 7 heteroatoms. The van der Waals surface area contributed by atoms with E-state index in [0.29, 0.717) is 21.7 Å². The number of benzene rings is 2. The number of hydrogen-bond donors (Lipinski definition) is 0. The van der Waals surface area contributed by atoms with Gasteiger partial charge >= 0.3 is 0 Å². The second-order valence-electron chi connectivity index (χ2n) is 7.55. The van der Waals surface area contributed by atoms with Gasteiger partial charge in [0.25, 0.3) is 0 Å². The molecule has 1 aliphatic carbocycles. The Balaban J connectivity index is 1.52. The third-order valence-electron chi connectivity index (χ3n) is 5.66. The predicted molar refractivity (Wildman–Crippen MR) is 115 cm³/mol. The molecule has 3 aromatic rings. The zero-order valence-electron chi connectivity index (χ0n) is 14.7. The number of hydrogen-bond acceptors (Lipinski definition) is 4. The van der Waals surface area contributed by atoms with E-state index in [9.17, 15) is 4.39 Å². The molecule has 0 spiro atoms. The van der Waals surface area contributed by atoms with Crippen LogP contribution >= 0.6 is 43.2 Å². The molecule has 1 fully saturated rings. The highest BCUT2D eigenvalue weighted by Gasteiger charge is 2.44. The molecule has 0 radical (unpaired) electrons. The molecule has 1 aromatic heterocycles. The van der Waals surface area contributed by atoms with E-state index in [0.717, 1.165) is 21.5 Å². The van der Waals surface area contributed by atoms with Gasteiger partial charge in [0.2, 0.25) is 6.23 Å². The number of rotatable bonds is 2. The fourth-order valence-electron chi connectivity index (χ4n) is 4.26. The summed E-state index contributed by atoms with van der Waals surface area (Å²) >= 11 is 8.71. The zero-order valence-corrected chi connectivity index (χ0v) is 18.7. The van der Waals surface area contributed by atoms with Crippen LogP contribution in [0.5, 0.6) is 5.75 Å². The van der Waals surface area contributed by atoms with Gasteiger partial charge in [-0.1, -0.05) is 31.9 Å². The maximum absolute atomic E-state index is 15.0. The monoisotopic (exact) mass is 520 g/mol. The number of fused-ring (bicyclic) bond motifs is 5. The minimum atomic E-state index is -0.293. The van der Waals surface area contributed by atoms with E-state index in [1.807, 2.05) is 18.3 Å². The molecule has 0 amide bonds. The quantitative estimate of drug-likeness (QED) is 0.367. The molecular weight excluding hydrogens is 507 g/mol. The van der Waals surface area contributed by atoms with Gasteiger partial charge in [0.05, 0.1) is 21.5 Å². The summed E-state index contributed by atoms with van der Waals surface area (Å²) in [5.74, 6) is 0.998. The molecule has 1 saturated carbocycles. The Bertz CT molecular complexity index is 1110. The Morgan fingerprint density at radius 1 is 1.14 bits per heavy atom. The largest absolute Gasteiger partial charge is 0.465 e. The van der Waals surface area contributed by atoms with Crippen molar-refractivity contribution in [3.8, 4) is 5.75 Å². The van der Waals surface area contributed by atoms with Gasteiger partial charge in [0, 0.05) is 26.7 Å². The molecule has 0 saturated heterocycles. The highest BCUT2D eigenvalue weighted by Crippen LogP contribution is 2.54. The van der Waals surface area contributed by atoms with Crippen molar-refractivity contribution in [2.45, 2.75) is 37.5 Å². The summed E-state index contributed by atoms with van der Waals surface area (Å²) in [7, 11) is 0. The van der Waals surface area contributed by atoms with Crippen molar-refractivity contribution in [2.24, 2.45) is 0 Å². The average molecular weight is 522 g/mol. The number of nitrogens with zero attached hydrogens (tertiary/aromatic N) is 2. The van der Waals surface area contributed by atoms with Gasteiger partial charge in [-0.15, -0.1) is 11.3 Å². The Kier molecular flexibility index (Phi) is 3.91. The van der Waals surface area contributed by atoms with Crippen molar-refractivity contribution in [2.75, 3.05) is 4.90 Å². The van der Waals surface area contributed by atoms with Crippen molar-refractivity contribution in [1.29, 1.82) is 0 Å². The maximum atomic E-state index is 15.0. The summed E-state index contributed by atoms with van der Waals surface area (Å²) in [5, 5.41) is 1.19. The molecule has 2 unspecified atom stereocenters. The second kappa shape index (κ2) is 6.28. The van der Waals surface area contributed by atoms with Gasteiger partial charge in [0.15, 0.2) is 0 Å². The summed E-state index contributed by atoms with van der Waals surface area (Å²) in [6.45, 7) is 0. The molecule has 28 heavy (non-hydrogen) atoms. The van der Waals surface area contributed by atoms with Crippen molar-refractivity contribution >= 4 is 48.9 Å². The molecule has 2 aromatic carbocycles. The number of halogens is 3. The lowest BCUT2D eigenvalue weighted by Gasteiger charge is -2.40. The molecule has 2 aliphatic heterocycles. The normalized spacial score (nSPS) is 22.5. The van der Waals surface area contributed by atoms with Crippen LogP contribution in [0, 0.1) is 5.82 Å². The SMILES string of the molecule is Fc1cc(Br)cc2c1C1Cc3cc(Br)ccc3N1C(c1cnc(C3CC3)s1)O2. The molecule has 3 heterocycles. The summed E-state index contributed by atoms with van der Waals surface area (Å²) in [6, 6.07) is 9.58. The number of aromatic nitrogens is 1. The minimum absolute atomic E-state index is 0.0855. The van der Waals surface area contributed by atoms with Crippen LogP contribution in [0.2, 0.25) is 0 Å². The summed E-state index contributed by atoms with van der Waals surface area (Å²) in [5.41, 5.74) is 2.95. The maximum Gasteiger partial charge on any atom is 0.210 e. The predicted octanol–water partition coefficient (Wildman–Crippen LogP) is 6.88. The van der Waals surface area contributed by atoms with E-state index in [1.165, 1.54) is 29.5 Å². The summed E-state index contributed by atoms with van der Waals surface area (Å²) in [4.78, 5) is 7.95. The molecule has 0 bridgehead atoms. The van der Waals surface area contributed by atoms with Crippen LogP contribution in [0.4, 0.5) is 10.1 Å². The fourth-order valence-corrected chi connectivity index (χ4v) is 6.20. The summed E-state index contributed by atoms with van der Waals surface area (Å²) < 4.78 is 23.1. The molecule has 3 aliphatic rings. The van der Waals surface area contributed by atoms with Gasteiger partial charge in [-0.05, 0) is 55.2 Å². The first kappa shape index (κ1) is 17.4. The third kappa shape index (κ3) is 2.66. The van der Waals surface area contributed by atoms with Crippen LogP contribution in [0.25, 0.3) is 0 Å². The topological polar surface area (TPSA) is 25.4 Å². The molecule has 142 valence electrons. The second-order valence-corrected chi connectivity index (χ2v) is 10.5. The van der Waals surface area contributed by atoms with Crippen molar-refractivity contribution in [1.82, 2.24) is 4.98 Å². The van der Waals surface area contributed by atoms with Gasteiger partial charge in [0.1, 0.15) is 11.6 Å². The van der Waals surface area contributed by atoms with E-state index in [2.05, 4.69) is 53.9 Å². The van der Waals surface area contributed by atoms with Crippen LogP contribution < -0.4 is 9.64 Å². The minimum Gasteiger partial charge on any atom is -0.465 e. The lowest BCUT2D eigenvalue weighted by atomic mass is 9.99. The first-order valence-corrected chi connectivity index (χ1v) is 11.7. The van der Waals surface area contributed by atoms with E-state index in [-0.39, 0.29) is 18.1 Å².